The fourth-order valence-corrected chi connectivity index (χ4v) is 1.27. The number of nitrogens with zero attached hydrogens (tertiary/aromatic N) is 3. The van der Waals surface area contributed by atoms with Gasteiger partial charge in [0.05, 0.1) is 6.54 Å². The predicted octanol–water partition coefficient (Wildman–Crippen LogP) is 0.639. The molecule has 2 amide bonds. The van der Waals surface area contributed by atoms with Crippen molar-refractivity contribution in [2.24, 2.45) is 0 Å². The normalized spacial score (nSPS) is 10.7. The van der Waals surface area contributed by atoms with E-state index in [1.165, 1.54) is 17.3 Å². The average molecular weight is 261 g/mol. The number of imidazole rings is 1. The Morgan fingerprint density at radius 3 is 2.83 bits per heavy atom. The number of alkyl halides is 2. The van der Waals surface area contributed by atoms with Crippen LogP contribution >= 0.6 is 0 Å². The number of carbonyl (C=O) groups excluding carboxylic acids is 1. The molecule has 1 aromatic heterocycles. The van der Waals surface area contributed by atoms with Gasteiger partial charge in [0.1, 0.15) is 5.82 Å². The van der Waals surface area contributed by atoms with Crippen LogP contribution in [-0.4, -0.2) is 47.7 Å². The van der Waals surface area contributed by atoms with E-state index in [1.807, 2.05) is 0 Å². The Labute approximate surface area is 104 Å². The lowest BCUT2D eigenvalue weighted by atomic mass is 10.5. The summed E-state index contributed by atoms with van der Waals surface area (Å²) in [5.41, 5.74) is 0. The quantitative estimate of drug-likeness (QED) is 0.739. The van der Waals surface area contributed by atoms with Gasteiger partial charge >= 0.3 is 12.6 Å². The highest BCUT2D eigenvalue weighted by Gasteiger charge is 2.10. The van der Waals surface area contributed by atoms with Crippen LogP contribution in [0.5, 0.6) is 0 Å². The molecule has 0 aliphatic heterocycles. The van der Waals surface area contributed by atoms with Crippen molar-refractivity contribution in [2.45, 2.75) is 13.1 Å². The molecular formula is C10H17F2N5O. The van der Waals surface area contributed by atoms with Crippen LogP contribution in [0.25, 0.3) is 0 Å². The maximum Gasteiger partial charge on any atom is 0.319 e. The van der Waals surface area contributed by atoms with Gasteiger partial charge in [-0.15, -0.1) is 0 Å². The van der Waals surface area contributed by atoms with Crippen molar-refractivity contribution in [3.8, 4) is 0 Å². The minimum atomic E-state index is -2.59. The van der Waals surface area contributed by atoms with Gasteiger partial charge in [-0.2, -0.15) is 8.78 Å². The lowest BCUT2D eigenvalue weighted by molar-refractivity contribution is 0.0666. The molecule has 0 saturated heterocycles. The molecule has 0 unspecified atom stereocenters. The topological polar surface area (TPSA) is 62.2 Å². The van der Waals surface area contributed by atoms with Gasteiger partial charge in [-0.25, -0.2) is 9.78 Å². The summed E-state index contributed by atoms with van der Waals surface area (Å²) in [7, 11) is 3.28. The molecule has 0 spiro atoms. The summed E-state index contributed by atoms with van der Waals surface area (Å²) >= 11 is 0. The molecule has 0 radical (unpaired) electrons. The molecule has 0 fully saturated rings. The van der Waals surface area contributed by atoms with E-state index in [-0.39, 0.29) is 18.4 Å². The minimum absolute atomic E-state index is 0.189. The molecule has 2 N–H and O–H groups in total. The van der Waals surface area contributed by atoms with Gasteiger partial charge in [-0.3, -0.25) is 4.57 Å². The van der Waals surface area contributed by atoms with E-state index in [0.717, 1.165) is 4.57 Å². The number of halogens is 2. The summed E-state index contributed by atoms with van der Waals surface area (Å²) in [6, 6.07) is -0.189. The average Bonchev–Trinajstić information content (AvgIpc) is 2.76. The van der Waals surface area contributed by atoms with Gasteiger partial charge < -0.3 is 15.5 Å². The Kier molecular flexibility index (Phi) is 5.50. The fraction of sp³-hybridized carbons (Fsp3) is 0.600. The van der Waals surface area contributed by atoms with Crippen LogP contribution in [0.15, 0.2) is 12.4 Å². The van der Waals surface area contributed by atoms with Crippen LogP contribution in [0.1, 0.15) is 12.4 Å². The van der Waals surface area contributed by atoms with Gasteiger partial charge in [0, 0.05) is 39.6 Å². The van der Waals surface area contributed by atoms with Crippen molar-refractivity contribution in [3.05, 3.63) is 18.2 Å². The molecule has 0 atom stereocenters. The zero-order valence-corrected chi connectivity index (χ0v) is 10.4. The van der Waals surface area contributed by atoms with Gasteiger partial charge in [-0.1, -0.05) is 0 Å². The van der Waals surface area contributed by atoms with Gasteiger partial charge in [-0.05, 0) is 0 Å². The van der Waals surface area contributed by atoms with Crippen LogP contribution < -0.4 is 10.6 Å². The van der Waals surface area contributed by atoms with Crippen molar-refractivity contribution in [3.63, 3.8) is 0 Å². The first-order chi connectivity index (χ1) is 8.52. The third kappa shape index (κ3) is 4.28. The molecule has 0 aliphatic rings. The highest BCUT2D eigenvalue weighted by atomic mass is 19.3. The number of carbonyl (C=O) groups is 1. The monoisotopic (exact) mass is 261 g/mol. The third-order valence-corrected chi connectivity index (χ3v) is 2.23. The molecule has 6 nitrogen and oxygen atoms in total. The second kappa shape index (κ2) is 6.90. The van der Waals surface area contributed by atoms with Crippen molar-refractivity contribution >= 4 is 6.03 Å². The number of hydrogen-bond donors (Lipinski definition) is 2. The molecule has 1 heterocycles. The Morgan fingerprint density at radius 1 is 1.50 bits per heavy atom. The standard InChI is InChI=1S/C10H17F2N5O/c1-16(2)10(18)15-4-3-13-7-8-14-5-6-17(8)9(11)12/h5-6,9,13H,3-4,7H2,1-2H3,(H,15,18). The molecule has 0 bridgehead atoms. The van der Waals surface area contributed by atoms with Crippen LogP contribution in [0.2, 0.25) is 0 Å². The van der Waals surface area contributed by atoms with Crippen molar-refractivity contribution < 1.29 is 13.6 Å². The molecule has 1 aromatic rings. The summed E-state index contributed by atoms with van der Waals surface area (Å²) in [5.74, 6) is 0.268. The van der Waals surface area contributed by atoms with E-state index in [2.05, 4.69) is 15.6 Å². The Balaban J connectivity index is 2.22. The molecule has 0 aliphatic carbocycles. The first-order valence-corrected chi connectivity index (χ1v) is 5.48. The van der Waals surface area contributed by atoms with Crippen LogP contribution in [0, 0.1) is 0 Å². The van der Waals surface area contributed by atoms with Gasteiger partial charge in [0.2, 0.25) is 0 Å². The lowest BCUT2D eigenvalue weighted by Crippen LogP contribution is -2.38. The zero-order valence-electron chi connectivity index (χ0n) is 10.4. The molecule has 102 valence electrons. The minimum Gasteiger partial charge on any atom is -0.337 e. The smallest absolute Gasteiger partial charge is 0.319 e. The summed E-state index contributed by atoms with van der Waals surface area (Å²) in [4.78, 5) is 16.4. The summed E-state index contributed by atoms with van der Waals surface area (Å²) in [6.07, 6.45) is 2.56. The zero-order chi connectivity index (χ0) is 13.5. The highest BCUT2D eigenvalue weighted by Crippen LogP contribution is 2.11. The molecular weight excluding hydrogens is 244 g/mol. The first-order valence-electron chi connectivity index (χ1n) is 5.48. The van der Waals surface area contributed by atoms with Crippen molar-refractivity contribution in [1.82, 2.24) is 25.1 Å². The van der Waals surface area contributed by atoms with Crippen LogP contribution in [0.4, 0.5) is 13.6 Å². The second-order valence-electron chi connectivity index (χ2n) is 3.83. The Morgan fingerprint density at radius 2 is 2.22 bits per heavy atom. The first kappa shape index (κ1) is 14.4. The largest absolute Gasteiger partial charge is 0.337 e. The number of aromatic nitrogens is 2. The van der Waals surface area contributed by atoms with Gasteiger partial charge in [0.25, 0.3) is 0 Å². The highest BCUT2D eigenvalue weighted by molar-refractivity contribution is 5.73. The molecule has 0 saturated carbocycles. The number of nitrogens with one attached hydrogen (secondary N) is 2. The van der Waals surface area contributed by atoms with Crippen molar-refractivity contribution in [2.75, 3.05) is 27.2 Å². The SMILES string of the molecule is CN(C)C(=O)NCCNCc1nccn1C(F)F. The molecule has 8 heteroatoms. The Hall–Kier alpha value is -1.70. The van der Waals surface area contributed by atoms with E-state index < -0.39 is 6.55 Å². The lowest BCUT2D eigenvalue weighted by Gasteiger charge is -2.12. The van der Waals surface area contributed by atoms with Gasteiger partial charge in [0.15, 0.2) is 0 Å². The fourth-order valence-electron chi connectivity index (χ4n) is 1.27. The maximum absolute atomic E-state index is 12.5. The van der Waals surface area contributed by atoms with E-state index in [1.54, 1.807) is 14.1 Å². The third-order valence-electron chi connectivity index (χ3n) is 2.23. The number of hydrogen-bond acceptors (Lipinski definition) is 3. The van der Waals surface area contributed by atoms with Crippen LogP contribution in [-0.2, 0) is 6.54 Å². The summed E-state index contributed by atoms with van der Waals surface area (Å²) < 4.78 is 25.7. The predicted molar refractivity (Wildman–Crippen MR) is 62.3 cm³/mol. The second-order valence-corrected chi connectivity index (χ2v) is 3.83. The summed E-state index contributed by atoms with van der Waals surface area (Å²) in [5, 5.41) is 5.58. The molecule has 18 heavy (non-hydrogen) atoms. The van der Waals surface area contributed by atoms with E-state index in [9.17, 15) is 13.6 Å². The van der Waals surface area contributed by atoms with E-state index in [4.69, 9.17) is 0 Å². The Bertz CT molecular complexity index is 380. The maximum atomic E-state index is 12.5. The summed E-state index contributed by atoms with van der Waals surface area (Å²) in [6.45, 7) is -1.45. The van der Waals surface area contributed by atoms with E-state index in [0.29, 0.717) is 13.1 Å². The van der Waals surface area contributed by atoms with Crippen LogP contribution in [0.3, 0.4) is 0 Å². The number of rotatable bonds is 6. The number of amides is 2. The number of urea groups is 1. The molecule has 1 rings (SSSR count). The van der Waals surface area contributed by atoms with Crippen molar-refractivity contribution in [1.29, 1.82) is 0 Å². The van der Waals surface area contributed by atoms with E-state index >= 15 is 0 Å². The molecule has 0 aromatic carbocycles.